The first kappa shape index (κ1) is 12.5. The van der Waals surface area contributed by atoms with Gasteiger partial charge >= 0.3 is 5.97 Å². The fraction of sp³-hybridized carbons (Fsp3) is 0.917. The minimum atomic E-state index is -0.0599. The first-order valence-corrected chi connectivity index (χ1v) is 6.05. The second-order valence-corrected chi connectivity index (χ2v) is 4.49. The molecule has 0 radical (unpaired) electrons. The van der Waals surface area contributed by atoms with Crippen LogP contribution in [0.1, 0.15) is 40.0 Å². The highest BCUT2D eigenvalue weighted by atomic mass is 16.5. The zero-order valence-corrected chi connectivity index (χ0v) is 10.2. The summed E-state index contributed by atoms with van der Waals surface area (Å²) in [5.41, 5.74) is 0. The van der Waals surface area contributed by atoms with Gasteiger partial charge in [-0.1, -0.05) is 13.3 Å². The fourth-order valence-electron chi connectivity index (χ4n) is 2.14. The average Bonchev–Trinajstić information content (AvgIpc) is 2.21. The van der Waals surface area contributed by atoms with E-state index in [9.17, 15) is 4.79 Å². The van der Waals surface area contributed by atoms with Gasteiger partial charge in [-0.25, -0.2) is 0 Å². The van der Waals surface area contributed by atoms with Crippen LogP contribution in [-0.4, -0.2) is 36.6 Å². The molecule has 1 saturated heterocycles. The van der Waals surface area contributed by atoms with Crippen LogP contribution >= 0.6 is 0 Å². The van der Waals surface area contributed by atoms with E-state index in [0.717, 1.165) is 13.1 Å². The molecule has 1 rings (SSSR count). The minimum absolute atomic E-state index is 0.00509. The SMILES string of the molecule is CCOC(=O)C(C)CN1CCCCC1C. The summed E-state index contributed by atoms with van der Waals surface area (Å²) in [6, 6.07) is 0.621. The summed E-state index contributed by atoms with van der Waals surface area (Å²) in [5, 5.41) is 0. The Morgan fingerprint density at radius 1 is 1.53 bits per heavy atom. The van der Waals surface area contributed by atoms with Gasteiger partial charge in [-0.3, -0.25) is 9.69 Å². The first-order valence-electron chi connectivity index (χ1n) is 6.05. The number of carbonyl (C=O) groups is 1. The third kappa shape index (κ3) is 3.82. The van der Waals surface area contributed by atoms with Crippen molar-refractivity contribution in [2.75, 3.05) is 19.7 Å². The average molecular weight is 213 g/mol. The van der Waals surface area contributed by atoms with Gasteiger partial charge in [0.25, 0.3) is 0 Å². The van der Waals surface area contributed by atoms with Crippen LogP contribution in [0.3, 0.4) is 0 Å². The molecule has 88 valence electrons. The van der Waals surface area contributed by atoms with Crippen molar-refractivity contribution in [3.05, 3.63) is 0 Å². The van der Waals surface area contributed by atoms with E-state index in [2.05, 4.69) is 11.8 Å². The van der Waals surface area contributed by atoms with Crippen LogP contribution in [0.5, 0.6) is 0 Å². The quantitative estimate of drug-likeness (QED) is 0.669. The molecule has 2 unspecified atom stereocenters. The summed E-state index contributed by atoms with van der Waals surface area (Å²) in [7, 11) is 0. The molecule has 1 aliphatic heterocycles. The largest absolute Gasteiger partial charge is 0.466 e. The van der Waals surface area contributed by atoms with E-state index < -0.39 is 0 Å². The lowest BCUT2D eigenvalue weighted by molar-refractivity contribution is -0.148. The Hall–Kier alpha value is -0.570. The summed E-state index contributed by atoms with van der Waals surface area (Å²) < 4.78 is 5.01. The Morgan fingerprint density at radius 3 is 2.87 bits per heavy atom. The van der Waals surface area contributed by atoms with E-state index >= 15 is 0 Å². The summed E-state index contributed by atoms with van der Waals surface area (Å²) in [4.78, 5) is 13.9. The predicted octanol–water partition coefficient (Wildman–Crippen LogP) is 2.06. The number of hydrogen-bond acceptors (Lipinski definition) is 3. The van der Waals surface area contributed by atoms with E-state index in [-0.39, 0.29) is 11.9 Å². The maximum atomic E-state index is 11.5. The number of nitrogens with zero attached hydrogens (tertiary/aromatic N) is 1. The zero-order chi connectivity index (χ0) is 11.3. The number of carbonyl (C=O) groups excluding carboxylic acids is 1. The predicted molar refractivity (Wildman–Crippen MR) is 60.7 cm³/mol. The molecule has 3 heteroatoms. The van der Waals surface area contributed by atoms with Gasteiger partial charge in [0.05, 0.1) is 12.5 Å². The molecule has 0 aromatic heterocycles. The lowest BCUT2D eigenvalue weighted by Gasteiger charge is -2.34. The number of rotatable bonds is 4. The number of ether oxygens (including phenoxy) is 1. The first-order chi connectivity index (χ1) is 7.15. The van der Waals surface area contributed by atoms with Gasteiger partial charge in [-0.2, -0.15) is 0 Å². The molecule has 15 heavy (non-hydrogen) atoms. The van der Waals surface area contributed by atoms with E-state index in [0.29, 0.717) is 12.6 Å². The molecule has 3 nitrogen and oxygen atoms in total. The highest BCUT2D eigenvalue weighted by Gasteiger charge is 2.23. The van der Waals surface area contributed by atoms with E-state index in [1.165, 1.54) is 19.3 Å². The van der Waals surface area contributed by atoms with Crippen LogP contribution < -0.4 is 0 Å². The molecular weight excluding hydrogens is 190 g/mol. The van der Waals surface area contributed by atoms with E-state index in [4.69, 9.17) is 4.74 Å². The van der Waals surface area contributed by atoms with Gasteiger partial charge in [-0.05, 0) is 33.2 Å². The normalized spacial score (nSPS) is 24.9. The third-order valence-corrected chi connectivity index (χ3v) is 3.14. The zero-order valence-electron chi connectivity index (χ0n) is 10.2. The molecule has 0 bridgehead atoms. The second-order valence-electron chi connectivity index (χ2n) is 4.49. The summed E-state index contributed by atoms with van der Waals surface area (Å²) in [6.07, 6.45) is 3.85. The van der Waals surface area contributed by atoms with Crippen molar-refractivity contribution < 1.29 is 9.53 Å². The molecule has 1 aliphatic rings. The number of esters is 1. The van der Waals surface area contributed by atoms with Gasteiger partial charge in [-0.15, -0.1) is 0 Å². The maximum Gasteiger partial charge on any atom is 0.309 e. The van der Waals surface area contributed by atoms with Gasteiger partial charge in [0.15, 0.2) is 0 Å². The molecule has 0 N–H and O–H groups in total. The Morgan fingerprint density at radius 2 is 2.27 bits per heavy atom. The Labute approximate surface area is 92.8 Å². The number of piperidine rings is 1. The lowest BCUT2D eigenvalue weighted by atomic mass is 10.0. The van der Waals surface area contributed by atoms with E-state index in [1.54, 1.807) is 0 Å². The van der Waals surface area contributed by atoms with Crippen molar-refractivity contribution in [3.8, 4) is 0 Å². The molecular formula is C12H23NO2. The topological polar surface area (TPSA) is 29.5 Å². The van der Waals surface area contributed by atoms with Crippen LogP contribution in [0.4, 0.5) is 0 Å². The molecule has 0 aromatic rings. The highest BCUT2D eigenvalue weighted by molar-refractivity contribution is 5.72. The number of hydrogen-bond donors (Lipinski definition) is 0. The van der Waals surface area contributed by atoms with Gasteiger partial charge in [0, 0.05) is 12.6 Å². The summed E-state index contributed by atoms with van der Waals surface area (Å²) in [5.74, 6) is -0.0548. The Kier molecular flexibility index (Phi) is 5.09. The van der Waals surface area contributed by atoms with Crippen molar-refractivity contribution in [2.45, 2.75) is 46.1 Å². The summed E-state index contributed by atoms with van der Waals surface area (Å²) in [6.45, 7) is 8.52. The molecule has 0 aliphatic carbocycles. The highest BCUT2D eigenvalue weighted by Crippen LogP contribution is 2.18. The molecule has 0 amide bonds. The van der Waals surface area contributed by atoms with Gasteiger partial charge < -0.3 is 4.74 Å². The Balaban J connectivity index is 2.35. The van der Waals surface area contributed by atoms with Crippen molar-refractivity contribution >= 4 is 5.97 Å². The minimum Gasteiger partial charge on any atom is -0.466 e. The fourth-order valence-corrected chi connectivity index (χ4v) is 2.14. The van der Waals surface area contributed by atoms with Crippen molar-refractivity contribution in [2.24, 2.45) is 5.92 Å². The monoisotopic (exact) mass is 213 g/mol. The maximum absolute atomic E-state index is 11.5. The van der Waals surface area contributed by atoms with Crippen LogP contribution in [0.25, 0.3) is 0 Å². The van der Waals surface area contributed by atoms with Crippen LogP contribution in [-0.2, 0) is 9.53 Å². The summed E-state index contributed by atoms with van der Waals surface area (Å²) >= 11 is 0. The molecule has 0 spiro atoms. The second kappa shape index (κ2) is 6.11. The van der Waals surface area contributed by atoms with E-state index in [1.807, 2.05) is 13.8 Å². The number of likely N-dealkylation sites (tertiary alicyclic amines) is 1. The molecule has 2 atom stereocenters. The van der Waals surface area contributed by atoms with Gasteiger partial charge in [0.1, 0.15) is 0 Å². The lowest BCUT2D eigenvalue weighted by Crippen LogP contribution is -2.41. The van der Waals surface area contributed by atoms with Crippen LogP contribution in [0.2, 0.25) is 0 Å². The molecule has 1 heterocycles. The van der Waals surface area contributed by atoms with Crippen molar-refractivity contribution in [3.63, 3.8) is 0 Å². The van der Waals surface area contributed by atoms with Crippen LogP contribution in [0.15, 0.2) is 0 Å². The van der Waals surface area contributed by atoms with Crippen molar-refractivity contribution in [1.82, 2.24) is 4.90 Å². The third-order valence-electron chi connectivity index (χ3n) is 3.14. The molecule has 0 saturated carbocycles. The van der Waals surface area contributed by atoms with Crippen molar-refractivity contribution in [1.29, 1.82) is 0 Å². The smallest absolute Gasteiger partial charge is 0.309 e. The Bertz CT molecular complexity index is 206. The molecule has 1 fully saturated rings. The standard InChI is InChI=1S/C12H23NO2/c1-4-15-12(14)10(2)9-13-8-6-5-7-11(13)3/h10-11H,4-9H2,1-3H3. The molecule has 0 aromatic carbocycles. The van der Waals surface area contributed by atoms with Crippen LogP contribution in [0, 0.1) is 5.92 Å². The van der Waals surface area contributed by atoms with Gasteiger partial charge in [0.2, 0.25) is 0 Å².